The zero-order valence-electron chi connectivity index (χ0n) is 20.3. The molecule has 0 unspecified atom stereocenters. The van der Waals surface area contributed by atoms with E-state index in [0.717, 1.165) is 33.1 Å². The van der Waals surface area contributed by atoms with Crippen molar-refractivity contribution in [3.05, 3.63) is 52.2 Å². The van der Waals surface area contributed by atoms with Gasteiger partial charge >= 0.3 is 0 Å². The summed E-state index contributed by atoms with van der Waals surface area (Å²) in [6, 6.07) is 9.32. The normalized spacial score (nSPS) is 14.7. The van der Waals surface area contributed by atoms with E-state index in [1.807, 2.05) is 38.1 Å². The molecule has 4 aromatic rings. The van der Waals surface area contributed by atoms with Gasteiger partial charge in [0.25, 0.3) is 5.95 Å². The van der Waals surface area contributed by atoms with Gasteiger partial charge in [-0.25, -0.2) is 9.67 Å². The van der Waals surface area contributed by atoms with Gasteiger partial charge in [0.05, 0.1) is 30.8 Å². The fraction of sp³-hybridized carbons (Fsp3) is 0.360. The number of thiophene rings is 1. The van der Waals surface area contributed by atoms with Gasteiger partial charge in [-0.2, -0.15) is 10.1 Å². The van der Waals surface area contributed by atoms with Gasteiger partial charge in [-0.3, -0.25) is 4.79 Å². The number of methoxy groups -OCH3 is 1. The van der Waals surface area contributed by atoms with Gasteiger partial charge in [-0.1, -0.05) is 17.8 Å². The fourth-order valence-corrected chi connectivity index (χ4v) is 6.18. The first-order valence-electron chi connectivity index (χ1n) is 11.3. The molecule has 5 rings (SSSR count). The van der Waals surface area contributed by atoms with Crippen LogP contribution >= 0.6 is 23.1 Å². The lowest BCUT2D eigenvalue weighted by Gasteiger charge is -2.30. The van der Waals surface area contributed by atoms with Crippen LogP contribution in [0.15, 0.2) is 35.4 Å². The Morgan fingerprint density at radius 3 is 2.86 bits per heavy atom. The Kier molecular flexibility index (Phi) is 6.29. The summed E-state index contributed by atoms with van der Waals surface area (Å²) < 4.78 is 13.1. The lowest BCUT2D eigenvalue weighted by atomic mass is 9.95. The van der Waals surface area contributed by atoms with Crippen molar-refractivity contribution in [2.75, 3.05) is 18.2 Å². The van der Waals surface area contributed by atoms with E-state index in [0.29, 0.717) is 24.0 Å². The van der Waals surface area contributed by atoms with E-state index < -0.39 is 0 Å². The molecule has 35 heavy (non-hydrogen) atoms. The fourth-order valence-electron chi connectivity index (χ4n) is 4.16. The van der Waals surface area contributed by atoms with Crippen molar-refractivity contribution in [2.45, 2.75) is 51.3 Å². The lowest BCUT2D eigenvalue weighted by molar-refractivity contribution is -0.113. The third kappa shape index (κ3) is 4.91. The Morgan fingerprint density at radius 2 is 2.11 bits per heavy atom. The van der Waals surface area contributed by atoms with Gasteiger partial charge in [-0.05, 0) is 51.5 Å². The van der Waals surface area contributed by atoms with E-state index in [9.17, 15) is 4.79 Å². The van der Waals surface area contributed by atoms with Crippen LogP contribution in [0.2, 0.25) is 0 Å². The first kappa shape index (κ1) is 23.8. The van der Waals surface area contributed by atoms with E-state index in [4.69, 9.17) is 19.4 Å². The number of thioether (sulfide) groups is 1. The Bertz CT molecular complexity index is 1430. The molecule has 10 heteroatoms. The number of aryl methyl sites for hydroxylation is 2. The smallest absolute Gasteiger partial charge is 0.253 e. The number of benzene rings is 1. The predicted octanol–water partition coefficient (Wildman–Crippen LogP) is 5.08. The second-order valence-electron chi connectivity index (χ2n) is 9.15. The van der Waals surface area contributed by atoms with Crippen molar-refractivity contribution in [3.8, 4) is 11.7 Å². The molecular weight excluding hydrogens is 482 g/mol. The van der Waals surface area contributed by atoms with Crippen molar-refractivity contribution < 1.29 is 14.3 Å². The van der Waals surface area contributed by atoms with Crippen molar-refractivity contribution in [1.29, 1.82) is 0 Å². The van der Waals surface area contributed by atoms with E-state index in [2.05, 4.69) is 24.3 Å². The quantitative estimate of drug-likeness (QED) is 0.286. The Balaban J connectivity index is 1.50. The molecule has 0 saturated heterocycles. The number of aromatic nitrogens is 4. The van der Waals surface area contributed by atoms with Gasteiger partial charge in [0, 0.05) is 34.1 Å². The topological polar surface area (TPSA) is 91.2 Å². The molecule has 3 aromatic heterocycles. The predicted molar refractivity (Wildman–Crippen MR) is 139 cm³/mol. The first-order chi connectivity index (χ1) is 16.7. The van der Waals surface area contributed by atoms with Gasteiger partial charge in [0.2, 0.25) is 5.91 Å². The molecule has 1 amide bonds. The minimum atomic E-state index is -0.263. The minimum Gasteiger partial charge on any atom is -0.497 e. The average molecular weight is 510 g/mol. The summed E-state index contributed by atoms with van der Waals surface area (Å²) in [4.78, 5) is 24.6. The van der Waals surface area contributed by atoms with E-state index >= 15 is 0 Å². The summed E-state index contributed by atoms with van der Waals surface area (Å²) in [6.45, 7) is 8.68. The molecule has 1 aliphatic rings. The van der Waals surface area contributed by atoms with Crippen LogP contribution in [0.5, 0.6) is 5.75 Å². The number of hydrogen-bond donors (Lipinski definition) is 1. The first-order valence-corrected chi connectivity index (χ1v) is 13.1. The SMILES string of the molecule is COc1cccc(NC(=O)CSc2nc(-n3nc(C)cc3C)nc3sc4c(c23)CC(C)(C)OC4)c1. The number of amides is 1. The molecule has 8 nitrogen and oxygen atoms in total. The number of nitrogens with zero attached hydrogens (tertiary/aromatic N) is 4. The van der Waals surface area contributed by atoms with Crippen molar-refractivity contribution in [2.24, 2.45) is 0 Å². The van der Waals surface area contributed by atoms with Crippen LogP contribution in [0, 0.1) is 13.8 Å². The van der Waals surface area contributed by atoms with E-state index in [1.54, 1.807) is 29.2 Å². The number of fused-ring (bicyclic) bond motifs is 3. The number of carbonyl (C=O) groups excluding carboxylic acids is 1. The average Bonchev–Trinajstić information content (AvgIpc) is 3.35. The zero-order chi connectivity index (χ0) is 24.7. The van der Waals surface area contributed by atoms with Crippen molar-refractivity contribution >= 4 is 44.9 Å². The summed E-state index contributed by atoms with van der Waals surface area (Å²) in [5.41, 5.74) is 3.51. The zero-order valence-corrected chi connectivity index (χ0v) is 22.0. The second kappa shape index (κ2) is 9.25. The van der Waals surface area contributed by atoms with Crippen molar-refractivity contribution in [1.82, 2.24) is 19.7 Å². The Morgan fingerprint density at radius 1 is 1.29 bits per heavy atom. The van der Waals surface area contributed by atoms with Crippen LogP contribution in [0.3, 0.4) is 0 Å². The number of carbonyl (C=O) groups is 1. The molecule has 182 valence electrons. The summed E-state index contributed by atoms with van der Waals surface area (Å²) in [7, 11) is 1.60. The third-order valence-electron chi connectivity index (χ3n) is 5.78. The molecule has 0 spiro atoms. The highest BCUT2D eigenvalue weighted by atomic mass is 32.2. The molecule has 1 N–H and O–H groups in total. The molecule has 0 bridgehead atoms. The molecule has 0 saturated carbocycles. The van der Waals surface area contributed by atoms with Crippen LogP contribution in [0.1, 0.15) is 35.7 Å². The van der Waals surface area contributed by atoms with Crippen LogP contribution in [0.4, 0.5) is 5.69 Å². The van der Waals surface area contributed by atoms with Crippen LogP contribution in [-0.2, 0) is 22.6 Å². The lowest BCUT2D eigenvalue weighted by Crippen LogP contribution is -2.31. The molecule has 4 heterocycles. The van der Waals surface area contributed by atoms with Crippen LogP contribution < -0.4 is 10.1 Å². The molecule has 0 aliphatic carbocycles. The maximum Gasteiger partial charge on any atom is 0.253 e. The highest BCUT2D eigenvalue weighted by molar-refractivity contribution is 8.00. The standard InChI is InChI=1S/C25H27N5O3S2/c1-14-9-15(2)30(29-14)24-27-22(34-13-20(31)26-16-7-6-8-17(10-16)32-5)21-18-11-25(3,4)33-12-19(18)35-23(21)28-24/h6-10H,11-13H2,1-5H3,(H,26,31). The van der Waals surface area contributed by atoms with Crippen LogP contribution in [-0.4, -0.2) is 44.1 Å². The Labute approximate surface area is 212 Å². The third-order valence-corrected chi connectivity index (χ3v) is 7.85. The summed E-state index contributed by atoms with van der Waals surface area (Å²) >= 11 is 3.05. The molecular formula is C25H27N5O3S2. The summed E-state index contributed by atoms with van der Waals surface area (Å²) in [5, 5.41) is 9.32. The monoisotopic (exact) mass is 509 g/mol. The Hall–Kier alpha value is -2.95. The maximum atomic E-state index is 12.8. The number of anilines is 1. The van der Waals surface area contributed by atoms with Gasteiger partial charge in [0.15, 0.2) is 0 Å². The molecule has 0 fully saturated rings. The number of ether oxygens (including phenoxy) is 2. The molecule has 0 radical (unpaired) electrons. The van der Waals surface area contributed by atoms with Crippen LogP contribution in [0.25, 0.3) is 16.2 Å². The van der Waals surface area contributed by atoms with E-state index in [1.165, 1.54) is 22.2 Å². The van der Waals surface area contributed by atoms with Crippen molar-refractivity contribution in [3.63, 3.8) is 0 Å². The second-order valence-corrected chi connectivity index (χ2v) is 11.2. The highest BCUT2D eigenvalue weighted by Crippen LogP contribution is 2.42. The largest absolute Gasteiger partial charge is 0.497 e. The summed E-state index contributed by atoms with van der Waals surface area (Å²) in [5.74, 6) is 1.30. The maximum absolute atomic E-state index is 12.8. The van der Waals surface area contributed by atoms with Gasteiger partial charge in [0.1, 0.15) is 15.6 Å². The number of nitrogens with one attached hydrogen (secondary N) is 1. The van der Waals surface area contributed by atoms with Gasteiger partial charge in [-0.15, -0.1) is 11.3 Å². The molecule has 1 aliphatic heterocycles. The molecule has 0 atom stereocenters. The number of hydrogen-bond acceptors (Lipinski definition) is 8. The van der Waals surface area contributed by atoms with E-state index in [-0.39, 0.29) is 17.3 Å². The molecule has 1 aromatic carbocycles. The highest BCUT2D eigenvalue weighted by Gasteiger charge is 2.31. The minimum absolute atomic E-state index is 0.115. The number of rotatable bonds is 6. The summed E-state index contributed by atoms with van der Waals surface area (Å²) in [6.07, 6.45) is 0.772. The van der Waals surface area contributed by atoms with Gasteiger partial charge < -0.3 is 14.8 Å².